The summed E-state index contributed by atoms with van der Waals surface area (Å²) in [5.74, 6) is 0. The highest BCUT2D eigenvalue weighted by Gasteiger charge is 2.24. The van der Waals surface area contributed by atoms with Crippen LogP contribution in [0.2, 0.25) is 0 Å². The van der Waals surface area contributed by atoms with E-state index in [-0.39, 0.29) is 13.1 Å². The van der Waals surface area contributed by atoms with Crippen LogP contribution in [0.3, 0.4) is 0 Å². The highest BCUT2D eigenvalue weighted by molar-refractivity contribution is 5.31. The van der Waals surface area contributed by atoms with Gasteiger partial charge in [0.15, 0.2) is 0 Å². The molecule has 2 aromatic rings. The number of nitrogens with zero attached hydrogens (tertiary/aromatic N) is 2. The number of benzene rings is 2. The van der Waals surface area contributed by atoms with E-state index in [0.29, 0.717) is 11.1 Å². The lowest BCUT2D eigenvalue weighted by Crippen LogP contribution is -2.46. The molecular formula is C18H22N2. The van der Waals surface area contributed by atoms with Crippen molar-refractivity contribution in [3.05, 3.63) is 71.8 Å². The molecule has 0 unspecified atom stereocenters. The predicted octanol–water partition coefficient (Wildman–Crippen LogP) is 3.02. The summed E-state index contributed by atoms with van der Waals surface area (Å²) >= 11 is 0. The topological polar surface area (TPSA) is 6.48 Å². The Morgan fingerprint density at radius 2 is 1.35 bits per heavy atom. The molecule has 0 bridgehead atoms. The normalized spacial score (nSPS) is 26.8. The maximum absolute atomic E-state index is 9.30. The lowest BCUT2D eigenvalue weighted by Gasteiger charge is -2.38. The van der Waals surface area contributed by atoms with Crippen molar-refractivity contribution in [1.29, 1.82) is 0 Å². The van der Waals surface area contributed by atoms with Crippen molar-refractivity contribution in [3.8, 4) is 0 Å². The number of piperazine rings is 1. The van der Waals surface area contributed by atoms with E-state index in [2.05, 4.69) is 0 Å². The van der Waals surface area contributed by atoms with Crippen LogP contribution in [0.1, 0.15) is 24.0 Å². The Bertz CT molecular complexity index is 663. The van der Waals surface area contributed by atoms with Crippen LogP contribution in [0.5, 0.6) is 0 Å². The first-order valence-corrected chi connectivity index (χ1v) is 6.78. The van der Waals surface area contributed by atoms with Gasteiger partial charge >= 0.3 is 0 Å². The van der Waals surface area contributed by atoms with Gasteiger partial charge in [0.25, 0.3) is 0 Å². The Hall–Kier alpha value is -1.64. The molecule has 0 saturated carbocycles. The summed E-state index contributed by atoms with van der Waals surface area (Å²) in [5, 5.41) is 0. The quantitative estimate of drug-likeness (QED) is 0.846. The SMILES string of the molecule is [2H]C1([2H])CN(C)CC([2H])([2H])N1C([2H])(c1ccccc1)c1ccccc1. The minimum Gasteiger partial charge on any atom is -0.304 e. The standard InChI is InChI=1S/C18H22N2/c1-19-12-14-20(15-13-19)18(16-8-4-2-5-9-16)17-10-6-3-7-11-17/h2-11,18H,12-15H2,1H3/i14D2,15D2,18D. The zero-order valence-corrected chi connectivity index (χ0v) is 11.6. The summed E-state index contributed by atoms with van der Waals surface area (Å²) in [6.07, 6.45) is 0. The van der Waals surface area contributed by atoms with Crippen LogP contribution in [0.25, 0.3) is 0 Å². The molecule has 2 heteroatoms. The van der Waals surface area contributed by atoms with Gasteiger partial charge in [-0.3, -0.25) is 4.90 Å². The first kappa shape index (κ1) is 8.60. The molecule has 2 nitrogen and oxygen atoms in total. The maximum atomic E-state index is 9.30. The second kappa shape index (κ2) is 6.21. The number of hydrogen-bond donors (Lipinski definition) is 0. The minimum absolute atomic E-state index is 0.0345. The average molecular weight is 271 g/mol. The van der Waals surface area contributed by atoms with Gasteiger partial charge in [0.1, 0.15) is 0 Å². The van der Waals surface area contributed by atoms with Crippen molar-refractivity contribution in [2.75, 3.05) is 33.1 Å². The van der Waals surface area contributed by atoms with E-state index >= 15 is 0 Å². The Balaban J connectivity index is 2.25. The molecule has 0 aromatic heterocycles. The first-order chi connectivity index (χ1) is 11.7. The van der Waals surface area contributed by atoms with E-state index in [0.717, 1.165) is 4.90 Å². The van der Waals surface area contributed by atoms with Crippen molar-refractivity contribution in [3.63, 3.8) is 0 Å². The molecule has 0 spiro atoms. The van der Waals surface area contributed by atoms with Crippen LogP contribution < -0.4 is 0 Å². The molecule has 104 valence electrons. The molecular weight excluding hydrogens is 244 g/mol. The monoisotopic (exact) mass is 271 g/mol. The number of likely N-dealkylation sites (N-methyl/N-ethyl adjacent to an activating group) is 1. The van der Waals surface area contributed by atoms with Crippen molar-refractivity contribution in [1.82, 2.24) is 9.80 Å². The molecule has 1 aliphatic rings. The van der Waals surface area contributed by atoms with Crippen LogP contribution >= 0.6 is 0 Å². The molecule has 20 heavy (non-hydrogen) atoms. The summed E-state index contributed by atoms with van der Waals surface area (Å²) < 4.78 is 43.4. The van der Waals surface area contributed by atoms with E-state index in [1.54, 1.807) is 60.5 Å². The highest BCUT2D eigenvalue weighted by Crippen LogP contribution is 2.29. The van der Waals surface area contributed by atoms with Gasteiger partial charge in [-0.25, -0.2) is 0 Å². The van der Waals surface area contributed by atoms with Gasteiger partial charge in [-0.1, -0.05) is 60.7 Å². The second-order valence-corrected chi connectivity index (χ2v) is 4.90. The summed E-state index contributed by atoms with van der Waals surface area (Å²) in [7, 11) is 1.70. The van der Waals surface area contributed by atoms with Crippen LogP contribution in [-0.4, -0.2) is 42.9 Å². The molecule has 0 aliphatic carbocycles. The van der Waals surface area contributed by atoms with E-state index < -0.39 is 19.0 Å². The molecule has 1 fully saturated rings. The van der Waals surface area contributed by atoms with Crippen LogP contribution in [-0.2, 0) is 0 Å². The lowest BCUT2D eigenvalue weighted by atomic mass is 9.96. The molecule has 1 aliphatic heterocycles. The van der Waals surface area contributed by atoms with Crippen molar-refractivity contribution < 1.29 is 6.85 Å². The molecule has 1 saturated heterocycles. The molecule has 1 heterocycles. The van der Waals surface area contributed by atoms with Gasteiger partial charge in [-0.05, 0) is 18.2 Å². The van der Waals surface area contributed by atoms with E-state index in [9.17, 15) is 1.37 Å². The highest BCUT2D eigenvalue weighted by atomic mass is 15.3. The molecule has 3 rings (SSSR count). The molecule has 0 amide bonds. The van der Waals surface area contributed by atoms with Gasteiger partial charge in [-0.2, -0.15) is 0 Å². The van der Waals surface area contributed by atoms with Crippen molar-refractivity contribution in [2.45, 2.75) is 6.02 Å². The predicted molar refractivity (Wildman–Crippen MR) is 83.8 cm³/mol. The van der Waals surface area contributed by atoms with Gasteiger partial charge in [0.2, 0.25) is 0 Å². The Morgan fingerprint density at radius 3 is 1.80 bits per heavy atom. The fraction of sp³-hybridized carbons (Fsp3) is 0.333. The van der Waals surface area contributed by atoms with E-state index in [1.165, 1.54) is 0 Å². The number of hydrogen-bond acceptors (Lipinski definition) is 2. The average Bonchev–Trinajstić information content (AvgIpc) is 2.53. The van der Waals surface area contributed by atoms with Gasteiger partial charge in [0.05, 0.1) is 7.39 Å². The number of rotatable bonds is 3. The van der Waals surface area contributed by atoms with Crippen LogP contribution in [0, 0.1) is 0 Å². The summed E-state index contributed by atoms with van der Waals surface area (Å²) in [4.78, 5) is 2.71. The van der Waals surface area contributed by atoms with E-state index in [1.807, 2.05) is 12.1 Å². The van der Waals surface area contributed by atoms with Gasteiger partial charge < -0.3 is 4.90 Å². The largest absolute Gasteiger partial charge is 0.304 e. The molecule has 0 atom stereocenters. The maximum Gasteiger partial charge on any atom is 0.0602 e. The zero-order chi connectivity index (χ0) is 18.3. The molecule has 0 N–H and O–H groups in total. The van der Waals surface area contributed by atoms with Crippen LogP contribution in [0.15, 0.2) is 60.7 Å². The Labute approximate surface area is 128 Å². The van der Waals surface area contributed by atoms with Gasteiger partial charge in [0, 0.05) is 31.6 Å². The Morgan fingerprint density at radius 1 is 0.900 bits per heavy atom. The Kier molecular flexibility index (Phi) is 2.67. The fourth-order valence-corrected chi connectivity index (χ4v) is 2.27. The summed E-state index contributed by atoms with van der Waals surface area (Å²) in [6.45, 7) is -3.95. The van der Waals surface area contributed by atoms with Crippen LogP contribution in [0.4, 0.5) is 0 Å². The smallest absolute Gasteiger partial charge is 0.0602 e. The third-order valence-corrected chi connectivity index (χ3v) is 3.32. The summed E-state index contributed by atoms with van der Waals surface area (Å²) in [5.41, 5.74) is 1.08. The third kappa shape index (κ3) is 2.92. The summed E-state index contributed by atoms with van der Waals surface area (Å²) in [6, 6.07) is 16.2. The second-order valence-electron chi connectivity index (χ2n) is 4.90. The van der Waals surface area contributed by atoms with Gasteiger partial charge in [-0.15, -0.1) is 0 Å². The van der Waals surface area contributed by atoms with E-state index in [4.69, 9.17) is 5.48 Å². The van der Waals surface area contributed by atoms with Crippen molar-refractivity contribution in [2.24, 2.45) is 0 Å². The molecule has 0 radical (unpaired) electrons. The van der Waals surface area contributed by atoms with Crippen molar-refractivity contribution >= 4 is 0 Å². The molecule has 2 aromatic carbocycles. The zero-order valence-electron chi connectivity index (χ0n) is 16.6. The third-order valence-electron chi connectivity index (χ3n) is 3.32. The minimum atomic E-state index is -2.01. The fourth-order valence-electron chi connectivity index (χ4n) is 2.27. The first-order valence-electron chi connectivity index (χ1n) is 9.28. The lowest BCUT2D eigenvalue weighted by molar-refractivity contribution is 0.127.